The van der Waals surface area contributed by atoms with E-state index in [-0.39, 0.29) is 25.7 Å². The van der Waals surface area contributed by atoms with Crippen LogP contribution in [0.4, 0.5) is 5.69 Å². The van der Waals surface area contributed by atoms with E-state index >= 15 is 0 Å². The van der Waals surface area contributed by atoms with E-state index in [2.05, 4.69) is 4.99 Å². The second-order valence-electron chi connectivity index (χ2n) is 6.25. The highest BCUT2D eigenvalue weighted by Crippen LogP contribution is 2.35. The molecule has 7 nitrogen and oxygen atoms in total. The number of primary amides is 1. The molecule has 144 valence electrons. The number of nitrogens with zero attached hydrogens (tertiary/aromatic N) is 2. The van der Waals surface area contributed by atoms with Crippen molar-refractivity contribution >= 4 is 46.0 Å². The highest BCUT2D eigenvalue weighted by Gasteiger charge is 2.35. The van der Waals surface area contributed by atoms with E-state index in [0.29, 0.717) is 27.4 Å². The lowest BCUT2D eigenvalue weighted by Crippen LogP contribution is -2.45. The predicted molar refractivity (Wildman–Crippen MR) is 107 cm³/mol. The number of benzene rings is 2. The van der Waals surface area contributed by atoms with E-state index < -0.39 is 11.2 Å². The van der Waals surface area contributed by atoms with Crippen molar-refractivity contribution in [2.45, 2.75) is 18.2 Å². The number of carbonyl (C=O) groups excluding carboxylic acids is 2. The first-order valence-corrected chi connectivity index (χ1v) is 9.74. The molecule has 1 fully saturated rings. The molecule has 0 saturated carbocycles. The Morgan fingerprint density at radius 2 is 2.07 bits per heavy atom. The summed E-state index contributed by atoms with van der Waals surface area (Å²) in [6, 6.07) is 12.5. The second kappa shape index (κ2) is 7.73. The van der Waals surface area contributed by atoms with Crippen molar-refractivity contribution in [3.8, 4) is 11.5 Å². The summed E-state index contributed by atoms with van der Waals surface area (Å²) in [5, 5.41) is 0.279. The quantitative estimate of drug-likeness (QED) is 0.824. The maximum Gasteiger partial charge on any atom is 0.231 e. The van der Waals surface area contributed by atoms with E-state index in [1.165, 1.54) is 11.8 Å². The zero-order valence-corrected chi connectivity index (χ0v) is 16.2. The van der Waals surface area contributed by atoms with Crippen LogP contribution in [0.1, 0.15) is 12.0 Å². The third-order valence-corrected chi connectivity index (χ3v) is 5.71. The minimum atomic E-state index is -0.654. The Morgan fingerprint density at radius 1 is 1.25 bits per heavy atom. The van der Waals surface area contributed by atoms with Crippen LogP contribution in [0.2, 0.25) is 5.02 Å². The number of aliphatic imine (C=N–C) groups is 1. The lowest BCUT2D eigenvalue weighted by molar-refractivity contribution is -0.130. The fraction of sp³-hybridized carbons (Fsp3) is 0.211. The number of amides is 2. The molecular weight excluding hydrogens is 402 g/mol. The van der Waals surface area contributed by atoms with Crippen LogP contribution in [0.15, 0.2) is 47.5 Å². The maximum absolute atomic E-state index is 12.8. The number of hydrogen-bond acceptors (Lipinski definition) is 6. The smallest absolute Gasteiger partial charge is 0.231 e. The van der Waals surface area contributed by atoms with Crippen molar-refractivity contribution in [2.24, 2.45) is 10.7 Å². The Kier molecular flexibility index (Phi) is 5.15. The van der Waals surface area contributed by atoms with Crippen LogP contribution in [0.5, 0.6) is 11.5 Å². The summed E-state index contributed by atoms with van der Waals surface area (Å²) >= 11 is 7.21. The van der Waals surface area contributed by atoms with Gasteiger partial charge in [0.1, 0.15) is 0 Å². The van der Waals surface area contributed by atoms with Gasteiger partial charge >= 0.3 is 0 Å². The summed E-state index contributed by atoms with van der Waals surface area (Å²) in [5.41, 5.74) is 6.87. The molecule has 2 aliphatic rings. The van der Waals surface area contributed by atoms with E-state index in [0.717, 1.165) is 5.56 Å². The molecule has 0 bridgehead atoms. The molecule has 2 N–H and O–H groups in total. The SMILES string of the molecule is NC(=O)C1CC(=O)N(Cc2ccc3c(c2)OCO3)C(=Nc2cccc(Cl)c2)S1. The molecule has 0 aromatic heterocycles. The number of fused-ring (bicyclic) bond motifs is 1. The second-order valence-corrected chi connectivity index (χ2v) is 7.86. The molecule has 1 unspecified atom stereocenters. The summed E-state index contributed by atoms with van der Waals surface area (Å²) < 4.78 is 10.7. The molecular formula is C19H16ClN3O4S. The van der Waals surface area contributed by atoms with Gasteiger partial charge < -0.3 is 15.2 Å². The summed E-state index contributed by atoms with van der Waals surface area (Å²) in [7, 11) is 0. The standard InChI is InChI=1S/C19H16ClN3O4S/c20-12-2-1-3-13(7-12)22-19-23(17(24)8-16(28-19)18(21)25)9-11-4-5-14-15(6-11)27-10-26-14/h1-7,16H,8-10H2,(H2,21,25). The molecule has 28 heavy (non-hydrogen) atoms. The minimum Gasteiger partial charge on any atom is -0.454 e. The lowest BCUT2D eigenvalue weighted by atomic mass is 10.1. The fourth-order valence-electron chi connectivity index (χ4n) is 2.89. The number of amidine groups is 1. The number of hydrogen-bond donors (Lipinski definition) is 1. The van der Waals surface area contributed by atoms with Crippen LogP contribution in [-0.2, 0) is 16.1 Å². The van der Waals surface area contributed by atoms with E-state index in [1.807, 2.05) is 12.1 Å². The van der Waals surface area contributed by atoms with Gasteiger partial charge in [0.05, 0.1) is 17.5 Å². The summed E-state index contributed by atoms with van der Waals surface area (Å²) in [6.45, 7) is 0.465. The summed E-state index contributed by atoms with van der Waals surface area (Å²) in [5.74, 6) is 0.545. The van der Waals surface area contributed by atoms with Crippen molar-refractivity contribution in [2.75, 3.05) is 6.79 Å². The molecule has 1 atom stereocenters. The van der Waals surface area contributed by atoms with E-state index in [9.17, 15) is 9.59 Å². The van der Waals surface area contributed by atoms with Gasteiger partial charge in [-0.05, 0) is 35.9 Å². The van der Waals surface area contributed by atoms with Gasteiger partial charge in [0.2, 0.25) is 18.6 Å². The molecule has 9 heteroatoms. The number of carbonyl (C=O) groups is 2. The Balaban J connectivity index is 1.66. The van der Waals surface area contributed by atoms with Gasteiger partial charge in [-0.2, -0.15) is 0 Å². The molecule has 4 rings (SSSR count). The maximum atomic E-state index is 12.8. The van der Waals surface area contributed by atoms with Gasteiger partial charge in [-0.1, -0.05) is 35.5 Å². The fourth-order valence-corrected chi connectivity index (χ4v) is 4.12. The Hall–Kier alpha value is -2.71. The normalized spacial score (nSPS) is 19.9. The van der Waals surface area contributed by atoms with Gasteiger partial charge in [0, 0.05) is 11.4 Å². The van der Waals surface area contributed by atoms with Crippen LogP contribution < -0.4 is 15.2 Å². The van der Waals surface area contributed by atoms with E-state index in [4.69, 9.17) is 26.8 Å². The monoisotopic (exact) mass is 417 g/mol. The number of halogens is 1. The first-order valence-electron chi connectivity index (χ1n) is 8.49. The number of thioether (sulfide) groups is 1. The van der Waals surface area contributed by atoms with Crippen molar-refractivity contribution in [3.63, 3.8) is 0 Å². The van der Waals surface area contributed by atoms with Crippen molar-refractivity contribution in [1.82, 2.24) is 4.90 Å². The van der Waals surface area contributed by atoms with Crippen molar-refractivity contribution in [1.29, 1.82) is 0 Å². The zero-order valence-electron chi connectivity index (χ0n) is 14.6. The van der Waals surface area contributed by atoms with Gasteiger partial charge in [-0.15, -0.1) is 0 Å². The molecule has 0 radical (unpaired) electrons. The minimum absolute atomic E-state index is 0.0269. The first-order chi connectivity index (χ1) is 13.5. The number of rotatable bonds is 4. The Bertz CT molecular complexity index is 981. The van der Waals surface area contributed by atoms with Crippen molar-refractivity contribution < 1.29 is 19.1 Å². The Labute approximate surface area is 170 Å². The average molecular weight is 418 g/mol. The number of ether oxygens (including phenoxy) is 2. The van der Waals surface area contributed by atoms with Gasteiger partial charge in [0.15, 0.2) is 16.7 Å². The molecule has 2 aromatic carbocycles. The largest absolute Gasteiger partial charge is 0.454 e. The highest BCUT2D eigenvalue weighted by atomic mass is 35.5. The topological polar surface area (TPSA) is 94.2 Å². The van der Waals surface area contributed by atoms with Crippen LogP contribution in [0, 0.1) is 0 Å². The van der Waals surface area contributed by atoms with E-state index in [1.54, 1.807) is 35.2 Å². The first kappa shape index (κ1) is 18.6. The molecule has 2 aromatic rings. The molecule has 0 aliphatic carbocycles. The average Bonchev–Trinajstić information content (AvgIpc) is 3.12. The lowest BCUT2D eigenvalue weighted by Gasteiger charge is -2.31. The van der Waals surface area contributed by atoms with Gasteiger partial charge in [-0.25, -0.2) is 4.99 Å². The molecule has 0 spiro atoms. The van der Waals surface area contributed by atoms with Crippen LogP contribution in [-0.4, -0.2) is 33.9 Å². The van der Waals surface area contributed by atoms with Gasteiger partial charge in [0.25, 0.3) is 0 Å². The zero-order chi connectivity index (χ0) is 19.7. The van der Waals surface area contributed by atoms with Crippen molar-refractivity contribution in [3.05, 3.63) is 53.1 Å². The molecule has 2 aliphatic heterocycles. The van der Waals surface area contributed by atoms with Crippen LogP contribution >= 0.6 is 23.4 Å². The Morgan fingerprint density at radius 3 is 2.86 bits per heavy atom. The predicted octanol–water partition coefficient (Wildman–Crippen LogP) is 3.08. The summed E-state index contributed by atoms with van der Waals surface area (Å²) in [6.07, 6.45) is 0.0269. The third-order valence-electron chi connectivity index (χ3n) is 4.27. The summed E-state index contributed by atoms with van der Waals surface area (Å²) in [4.78, 5) is 30.5. The van der Waals surface area contributed by atoms with Crippen LogP contribution in [0.3, 0.4) is 0 Å². The molecule has 2 amide bonds. The third kappa shape index (κ3) is 3.93. The molecule has 1 saturated heterocycles. The molecule has 2 heterocycles. The van der Waals surface area contributed by atoms with Crippen LogP contribution in [0.25, 0.3) is 0 Å². The van der Waals surface area contributed by atoms with Gasteiger partial charge in [-0.3, -0.25) is 14.5 Å². The highest BCUT2D eigenvalue weighted by molar-refractivity contribution is 8.15. The number of nitrogens with two attached hydrogens (primary N) is 1.